The molecule has 0 bridgehead atoms. The minimum atomic E-state index is -0.534. The highest BCUT2D eigenvalue weighted by Gasteiger charge is 2.42. The molecule has 0 spiro atoms. The maximum Gasteiger partial charge on any atom is 0.329 e. The van der Waals surface area contributed by atoms with E-state index in [9.17, 15) is 9.59 Å². The highest BCUT2D eigenvalue weighted by atomic mass is 32.2. The van der Waals surface area contributed by atoms with Crippen molar-refractivity contribution in [3.63, 3.8) is 0 Å². The van der Waals surface area contributed by atoms with Crippen LogP contribution in [-0.2, 0) is 9.53 Å². The zero-order chi connectivity index (χ0) is 19.3. The van der Waals surface area contributed by atoms with Crippen LogP contribution in [0.1, 0.15) is 39.7 Å². The van der Waals surface area contributed by atoms with Crippen molar-refractivity contribution >= 4 is 29.4 Å². The SMILES string of the molecule is Cc1ccc(NC(=O)N2C(CC(C)C)SCC2C(=O)OCC(C)C)cc1. The number of rotatable bonds is 6. The third-order valence-corrected chi connectivity index (χ3v) is 5.45. The molecule has 26 heavy (non-hydrogen) atoms. The Morgan fingerprint density at radius 1 is 1.19 bits per heavy atom. The van der Waals surface area contributed by atoms with Gasteiger partial charge in [-0.1, -0.05) is 45.4 Å². The molecular weight excluding hydrogens is 348 g/mol. The molecule has 1 heterocycles. The first-order chi connectivity index (χ1) is 12.3. The third kappa shape index (κ3) is 5.66. The van der Waals surface area contributed by atoms with E-state index in [0.29, 0.717) is 18.3 Å². The van der Waals surface area contributed by atoms with Crippen molar-refractivity contribution in [3.05, 3.63) is 29.8 Å². The molecule has 1 N–H and O–H groups in total. The van der Waals surface area contributed by atoms with Crippen LogP contribution >= 0.6 is 11.8 Å². The number of nitrogens with zero attached hydrogens (tertiary/aromatic N) is 1. The average Bonchev–Trinajstić information content (AvgIpc) is 2.97. The quantitative estimate of drug-likeness (QED) is 0.740. The van der Waals surface area contributed by atoms with Gasteiger partial charge in [0, 0.05) is 11.4 Å². The minimum Gasteiger partial charge on any atom is -0.464 e. The predicted molar refractivity (Wildman–Crippen MR) is 107 cm³/mol. The molecule has 144 valence electrons. The van der Waals surface area contributed by atoms with E-state index in [1.165, 1.54) is 0 Å². The standard InChI is InChI=1S/C20H30N2O3S/c1-13(2)10-18-22(17(12-26-18)19(23)25-11-14(3)4)20(24)21-16-8-6-15(5)7-9-16/h6-9,13-14,17-18H,10-12H2,1-5H3,(H,21,24). The van der Waals surface area contributed by atoms with Crippen molar-refractivity contribution < 1.29 is 14.3 Å². The fourth-order valence-corrected chi connectivity index (χ4v) is 4.40. The van der Waals surface area contributed by atoms with Gasteiger partial charge in [-0.25, -0.2) is 9.59 Å². The molecule has 2 unspecified atom stereocenters. The van der Waals surface area contributed by atoms with Crippen LogP contribution in [0.3, 0.4) is 0 Å². The van der Waals surface area contributed by atoms with Crippen molar-refractivity contribution in [1.29, 1.82) is 0 Å². The second-order valence-corrected chi connectivity index (χ2v) is 8.87. The van der Waals surface area contributed by atoms with Gasteiger partial charge in [0.05, 0.1) is 12.0 Å². The van der Waals surface area contributed by atoms with Gasteiger partial charge in [0.15, 0.2) is 0 Å². The number of benzene rings is 1. The van der Waals surface area contributed by atoms with Crippen molar-refractivity contribution in [2.75, 3.05) is 17.7 Å². The molecule has 1 aromatic rings. The first-order valence-electron chi connectivity index (χ1n) is 9.22. The molecule has 2 rings (SSSR count). The summed E-state index contributed by atoms with van der Waals surface area (Å²) < 4.78 is 5.41. The summed E-state index contributed by atoms with van der Waals surface area (Å²) in [6.07, 6.45) is 0.847. The van der Waals surface area contributed by atoms with Gasteiger partial charge in [-0.3, -0.25) is 4.90 Å². The van der Waals surface area contributed by atoms with Gasteiger partial charge in [0.25, 0.3) is 0 Å². The molecule has 1 fully saturated rings. The molecule has 6 heteroatoms. The van der Waals surface area contributed by atoms with E-state index in [-0.39, 0.29) is 23.3 Å². The van der Waals surface area contributed by atoms with Crippen LogP contribution < -0.4 is 5.32 Å². The number of amides is 2. The normalized spacial score (nSPS) is 19.9. The number of hydrogen-bond donors (Lipinski definition) is 1. The second kappa shape index (κ2) is 9.31. The lowest BCUT2D eigenvalue weighted by molar-refractivity contribution is -0.149. The van der Waals surface area contributed by atoms with Gasteiger partial charge in [0.1, 0.15) is 6.04 Å². The predicted octanol–water partition coefficient (Wildman–Crippen LogP) is 4.52. The number of carbonyl (C=O) groups excluding carboxylic acids is 2. The van der Waals surface area contributed by atoms with Crippen LogP contribution in [0.15, 0.2) is 24.3 Å². The Kier molecular flexibility index (Phi) is 7.38. The zero-order valence-corrected chi connectivity index (χ0v) is 17.1. The van der Waals surface area contributed by atoms with Crippen molar-refractivity contribution in [3.8, 4) is 0 Å². The highest BCUT2D eigenvalue weighted by molar-refractivity contribution is 8.00. The van der Waals surface area contributed by atoms with Crippen LogP contribution in [0, 0.1) is 18.8 Å². The van der Waals surface area contributed by atoms with Crippen LogP contribution in [-0.4, -0.2) is 40.7 Å². The van der Waals surface area contributed by atoms with Gasteiger partial charge in [-0.15, -0.1) is 11.8 Å². The van der Waals surface area contributed by atoms with E-state index < -0.39 is 6.04 Å². The number of esters is 1. The number of carbonyl (C=O) groups is 2. The summed E-state index contributed by atoms with van der Waals surface area (Å²) in [6.45, 7) is 10.6. The maximum atomic E-state index is 12.9. The first-order valence-corrected chi connectivity index (χ1v) is 10.3. The van der Waals surface area contributed by atoms with E-state index in [2.05, 4.69) is 19.2 Å². The van der Waals surface area contributed by atoms with Crippen molar-refractivity contribution in [2.24, 2.45) is 11.8 Å². The molecule has 2 atom stereocenters. The molecule has 2 amide bonds. The average molecular weight is 379 g/mol. The Labute approximate surface area is 160 Å². The van der Waals surface area contributed by atoms with Gasteiger partial charge in [0.2, 0.25) is 0 Å². The fourth-order valence-electron chi connectivity index (χ4n) is 2.77. The molecule has 0 radical (unpaired) electrons. The first kappa shape index (κ1) is 20.6. The number of ether oxygens (including phenoxy) is 1. The summed E-state index contributed by atoms with van der Waals surface area (Å²) in [5, 5.41) is 2.91. The van der Waals surface area contributed by atoms with Gasteiger partial charge >= 0.3 is 12.0 Å². The fraction of sp³-hybridized carbons (Fsp3) is 0.600. The number of nitrogens with one attached hydrogen (secondary N) is 1. The van der Waals surface area contributed by atoms with Crippen LogP contribution in [0.2, 0.25) is 0 Å². The maximum absolute atomic E-state index is 12.9. The zero-order valence-electron chi connectivity index (χ0n) is 16.3. The summed E-state index contributed by atoms with van der Waals surface area (Å²) in [4.78, 5) is 27.1. The molecule has 1 aliphatic rings. The van der Waals surface area contributed by atoms with E-state index >= 15 is 0 Å². The molecule has 1 saturated heterocycles. The number of aryl methyl sites for hydroxylation is 1. The Hall–Kier alpha value is -1.69. The lowest BCUT2D eigenvalue weighted by Crippen LogP contribution is -2.48. The van der Waals surface area contributed by atoms with Crippen LogP contribution in [0.25, 0.3) is 0 Å². The van der Waals surface area contributed by atoms with Crippen LogP contribution in [0.4, 0.5) is 10.5 Å². The van der Waals surface area contributed by atoms with E-state index in [1.54, 1.807) is 16.7 Å². The topological polar surface area (TPSA) is 58.6 Å². The Morgan fingerprint density at radius 3 is 2.42 bits per heavy atom. The Balaban J connectivity index is 2.13. The third-order valence-electron chi connectivity index (χ3n) is 4.13. The molecule has 1 aliphatic heterocycles. The highest BCUT2D eigenvalue weighted by Crippen LogP contribution is 2.34. The molecule has 0 saturated carbocycles. The summed E-state index contributed by atoms with van der Waals surface area (Å²) >= 11 is 1.66. The summed E-state index contributed by atoms with van der Waals surface area (Å²) in [6, 6.07) is 6.88. The van der Waals surface area contributed by atoms with Gasteiger partial charge < -0.3 is 10.1 Å². The number of anilines is 1. The smallest absolute Gasteiger partial charge is 0.329 e. The lowest BCUT2D eigenvalue weighted by Gasteiger charge is -2.29. The Morgan fingerprint density at radius 2 is 1.85 bits per heavy atom. The molecule has 0 aromatic heterocycles. The molecule has 5 nitrogen and oxygen atoms in total. The summed E-state index contributed by atoms with van der Waals surface area (Å²) in [5.41, 5.74) is 1.86. The Bertz CT molecular complexity index is 616. The number of hydrogen-bond acceptors (Lipinski definition) is 4. The van der Waals surface area contributed by atoms with Gasteiger partial charge in [-0.2, -0.15) is 0 Å². The minimum absolute atomic E-state index is 0.0166. The van der Waals surface area contributed by atoms with Crippen molar-refractivity contribution in [2.45, 2.75) is 52.5 Å². The van der Waals surface area contributed by atoms with Crippen LogP contribution in [0.5, 0.6) is 0 Å². The van der Waals surface area contributed by atoms with E-state index in [4.69, 9.17) is 4.74 Å². The number of thioether (sulfide) groups is 1. The van der Waals surface area contributed by atoms with Crippen molar-refractivity contribution in [1.82, 2.24) is 4.90 Å². The second-order valence-electron chi connectivity index (χ2n) is 7.66. The molecule has 0 aliphatic carbocycles. The van der Waals surface area contributed by atoms with Gasteiger partial charge in [-0.05, 0) is 37.3 Å². The monoisotopic (exact) mass is 378 g/mol. The summed E-state index contributed by atoms with van der Waals surface area (Å²) in [5.74, 6) is 0.980. The number of urea groups is 1. The van der Waals surface area contributed by atoms with E-state index in [0.717, 1.165) is 17.7 Å². The molecular formula is C20H30N2O3S. The molecule has 1 aromatic carbocycles. The summed E-state index contributed by atoms with van der Waals surface area (Å²) in [7, 11) is 0. The van der Waals surface area contributed by atoms with E-state index in [1.807, 2.05) is 45.0 Å². The largest absolute Gasteiger partial charge is 0.464 e. The lowest BCUT2D eigenvalue weighted by atomic mass is 10.1.